The molecule has 25 heavy (non-hydrogen) atoms. The summed E-state index contributed by atoms with van der Waals surface area (Å²) in [6, 6.07) is 17.9. The van der Waals surface area contributed by atoms with Crippen LogP contribution in [-0.4, -0.2) is 26.2 Å². The van der Waals surface area contributed by atoms with Gasteiger partial charge in [0, 0.05) is 25.6 Å². The number of hydrogen-bond donors (Lipinski definition) is 1. The molecular formula is C19H19N5O. The topological polar surface area (TPSA) is 68.8 Å². The first kappa shape index (κ1) is 15.4. The van der Waals surface area contributed by atoms with Crippen LogP contribution in [-0.2, 0) is 13.5 Å². The molecule has 6 nitrogen and oxygen atoms in total. The van der Waals surface area contributed by atoms with Gasteiger partial charge in [-0.15, -0.1) is 0 Å². The van der Waals surface area contributed by atoms with Crippen LogP contribution >= 0.6 is 0 Å². The quantitative estimate of drug-likeness (QED) is 0.545. The Morgan fingerprint density at radius 3 is 2.64 bits per heavy atom. The molecule has 0 aliphatic heterocycles. The van der Waals surface area contributed by atoms with Gasteiger partial charge < -0.3 is 14.4 Å². The highest BCUT2D eigenvalue weighted by Gasteiger charge is 2.09. The molecule has 4 aromatic rings. The van der Waals surface area contributed by atoms with E-state index in [2.05, 4.69) is 38.1 Å². The molecule has 6 heteroatoms. The second-order valence-corrected chi connectivity index (χ2v) is 5.90. The molecule has 1 N–H and O–H groups in total. The molecule has 0 fully saturated rings. The highest BCUT2D eigenvalue weighted by molar-refractivity contribution is 5.75. The number of fused-ring (bicyclic) bond motifs is 1. The third kappa shape index (κ3) is 3.24. The summed E-state index contributed by atoms with van der Waals surface area (Å²) in [5.74, 6) is 2.13. The van der Waals surface area contributed by atoms with Crippen LogP contribution in [0.3, 0.4) is 0 Å². The van der Waals surface area contributed by atoms with Crippen molar-refractivity contribution in [2.75, 3.05) is 11.9 Å². The lowest BCUT2D eigenvalue weighted by Crippen LogP contribution is -2.06. The summed E-state index contributed by atoms with van der Waals surface area (Å²) in [6.45, 7) is 0.761. The molecule has 2 aromatic heterocycles. The van der Waals surface area contributed by atoms with Crippen molar-refractivity contribution in [3.05, 3.63) is 60.4 Å². The van der Waals surface area contributed by atoms with E-state index in [-0.39, 0.29) is 0 Å². The predicted molar refractivity (Wildman–Crippen MR) is 97.3 cm³/mol. The number of hydrogen-bond acceptors (Lipinski definition) is 5. The number of aromatic nitrogens is 4. The van der Waals surface area contributed by atoms with Crippen LogP contribution in [0, 0.1) is 0 Å². The molecule has 0 saturated carbocycles. The number of nitrogens with zero attached hydrogens (tertiary/aromatic N) is 4. The lowest BCUT2D eigenvalue weighted by Gasteiger charge is -2.03. The van der Waals surface area contributed by atoms with Crippen molar-refractivity contribution >= 4 is 17.0 Å². The first-order valence-electron chi connectivity index (χ1n) is 8.34. The number of nitrogens with one attached hydrogen (secondary N) is 1. The molecule has 2 aromatic carbocycles. The highest BCUT2D eigenvalue weighted by atomic mass is 16.5. The van der Waals surface area contributed by atoms with E-state index in [0.29, 0.717) is 11.8 Å². The Morgan fingerprint density at radius 2 is 1.80 bits per heavy atom. The summed E-state index contributed by atoms with van der Waals surface area (Å²) in [5, 5.41) is 7.18. The van der Waals surface area contributed by atoms with E-state index >= 15 is 0 Å². The van der Waals surface area contributed by atoms with E-state index < -0.39 is 0 Å². The number of imidazole rings is 1. The minimum atomic E-state index is 0.517. The summed E-state index contributed by atoms with van der Waals surface area (Å²) in [4.78, 5) is 9.05. The number of para-hydroxylation sites is 2. The molecule has 0 radical (unpaired) electrons. The van der Waals surface area contributed by atoms with Crippen molar-refractivity contribution in [2.24, 2.45) is 7.05 Å². The van der Waals surface area contributed by atoms with Crippen molar-refractivity contribution in [1.82, 2.24) is 19.7 Å². The van der Waals surface area contributed by atoms with Gasteiger partial charge in [0.1, 0.15) is 5.82 Å². The van der Waals surface area contributed by atoms with Crippen LogP contribution in [0.25, 0.3) is 22.5 Å². The van der Waals surface area contributed by atoms with Crippen molar-refractivity contribution in [2.45, 2.75) is 12.8 Å². The smallest absolute Gasteiger partial charge is 0.263 e. The molecule has 0 spiro atoms. The summed E-state index contributed by atoms with van der Waals surface area (Å²) in [6.07, 6.45) is 1.83. The van der Waals surface area contributed by atoms with Crippen molar-refractivity contribution < 1.29 is 4.52 Å². The monoisotopic (exact) mass is 333 g/mol. The summed E-state index contributed by atoms with van der Waals surface area (Å²) >= 11 is 0. The lowest BCUT2D eigenvalue weighted by atomic mass is 10.2. The van der Waals surface area contributed by atoms with E-state index in [1.165, 1.54) is 0 Å². The van der Waals surface area contributed by atoms with E-state index in [4.69, 9.17) is 4.52 Å². The Kier molecular flexibility index (Phi) is 4.16. The standard InChI is InChI=1S/C19H19N5O/c1-24-16-11-6-5-10-15(16)21-17(24)12-7-13-20-19-22-18(25-23-19)14-8-3-2-4-9-14/h2-6,8-11H,7,12-13H2,1H3,(H,20,23). The number of rotatable bonds is 6. The van der Waals surface area contributed by atoms with Gasteiger partial charge in [-0.3, -0.25) is 0 Å². The normalized spacial score (nSPS) is 11.1. The molecule has 2 heterocycles. The van der Waals surface area contributed by atoms with Crippen molar-refractivity contribution in [3.8, 4) is 11.5 Å². The van der Waals surface area contributed by atoms with Crippen LogP contribution < -0.4 is 5.32 Å². The van der Waals surface area contributed by atoms with E-state index in [1.807, 2.05) is 48.5 Å². The first-order valence-corrected chi connectivity index (χ1v) is 8.34. The minimum absolute atomic E-state index is 0.517. The van der Waals surface area contributed by atoms with E-state index in [9.17, 15) is 0 Å². The van der Waals surface area contributed by atoms with Gasteiger partial charge in [0.15, 0.2) is 0 Å². The first-order chi connectivity index (χ1) is 12.3. The van der Waals surface area contributed by atoms with Gasteiger partial charge in [-0.2, -0.15) is 4.98 Å². The van der Waals surface area contributed by atoms with Crippen molar-refractivity contribution in [1.29, 1.82) is 0 Å². The molecule has 0 amide bonds. The average Bonchev–Trinajstić information content (AvgIpc) is 3.25. The van der Waals surface area contributed by atoms with Crippen LogP contribution in [0.2, 0.25) is 0 Å². The maximum atomic E-state index is 5.28. The molecule has 0 saturated heterocycles. The molecule has 0 aliphatic carbocycles. The Bertz CT molecular complexity index is 974. The number of anilines is 1. The Balaban J connectivity index is 1.34. The number of aryl methyl sites for hydroxylation is 2. The average molecular weight is 333 g/mol. The van der Waals surface area contributed by atoms with Crippen LogP contribution in [0.15, 0.2) is 59.1 Å². The molecular weight excluding hydrogens is 314 g/mol. The molecule has 0 aliphatic rings. The molecule has 126 valence electrons. The van der Waals surface area contributed by atoms with Gasteiger partial charge >= 0.3 is 0 Å². The van der Waals surface area contributed by atoms with E-state index in [1.54, 1.807) is 0 Å². The fourth-order valence-electron chi connectivity index (χ4n) is 2.86. The van der Waals surface area contributed by atoms with Gasteiger partial charge in [-0.05, 0) is 35.8 Å². The van der Waals surface area contributed by atoms with Crippen LogP contribution in [0.5, 0.6) is 0 Å². The molecule has 0 atom stereocenters. The maximum absolute atomic E-state index is 5.28. The van der Waals surface area contributed by atoms with Gasteiger partial charge in [-0.25, -0.2) is 4.98 Å². The third-order valence-corrected chi connectivity index (χ3v) is 4.19. The van der Waals surface area contributed by atoms with Gasteiger partial charge in [0.25, 0.3) is 11.8 Å². The zero-order valence-electron chi connectivity index (χ0n) is 14.0. The zero-order valence-corrected chi connectivity index (χ0v) is 14.0. The minimum Gasteiger partial charge on any atom is -0.352 e. The Morgan fingerprint density at radius 1 is 1.00 bits per heavy atom. The number of benzene rings is 2. The fourth-order valence-corrected chi connectivity index (χ4v) is 2.86. The summed E-state index contributed by atoms with van der Waals surface area (Å²) < 4.78 is 7.43. The largest absolute Gasteiger partial charge is 0.352 e. The molecule has 0 unspecified atom stereocenters. The zero-order chi connectivity index (χ0) is 17.1. The summed E-state index contributed by atoms with van der Waals surface area (Å²) in [5.41, 5.74) is 3.12. The second-order valence-electron chi connectivity index (χ2n) is 5.90. The second kappa shape index (κ2) is 6.76. The summed E-state index contributed by atoms with van der Waals surface area (Å²) in [7, 11) is 2.06. The van der Waals surface area contributed by atoms with Crippen molar-refractivity contribution in [3.63, 3.8) is 0 Å². The molecule has 0 bridgehead atoms. The lowest BCUT2D eigenvalue weighted by molar-refractivity contribution is 0.432. The fraction of sp³-hybridized carbons (Fsp3) is 0.211. The third-order valence-electron chi connectivity index (χ3n) is 4.19. The van der Waals surface area contributed by atoms with Crippen LogP contribution in [0.1, 0.15) is 12.2 Å². The van der Waals surface area contributed by atoms with Crippen LogP contribution in [0.4, 0.5) is 5.95 Å². The van der Waals surface area contributed by atoms with Gasteiger partial charge in [-0.1, -0.05) is 30.3 Å². The maximum Gasteiger partial charge on any atom is 0.263 e. The Labute approximate surface area is 145 Å². The van der Waals surface area contributed by atoms with Gasteiger partial charge in [0.2, 0.25) is 0 Å². The van der Waals surface area contributed by atoms with E-state index in [0.717, 1.165) is 41.8 Å². The molecule has 4 rings (SSSR count). The van der Waals surface area contributed by atoms with Gasteiger partial charge in [0.05, 0.1) is 11.0 Å². The predicted octanol–water partition coefficient (Wildman–Crippen LogP) is 3.67. The Hall–Kier alpha value is -3.15. The SMILES string of the molecule is Cn1c(CCCNc2noc(-c3ccccc3)n2)nc2ccccc21. The highest BCUT2D eigenvalue weighted by Crippen LogP contribution is 2.18.